The van der Waals surface area contributed by atoms with E-state index in [-0.39, 0.29) is 6.54 Å². The van der Waals surface area contributed by atoms with E-state index in [0.29, 0.717) is 3.57 Å². The highest BCUT2D eigenvalue weighted by Gasteiger charge is 2.18. The first-order valence-electron chi connectivity index (χ1n) is 5.29. The molecule has 1 aromatic heterocycles. The number of hydrogen-bond donors (Lipinski definition) is 0. The molecule has 18 heavy (non-hydrogen) atoms. The van der Waals surface area contributed by atoms with Gasteiger partial charge in [-0.2, -0.15) is 0 Å². The summed E-state index contributed by atoms with van der Waals surface area (Å²) >= 11 is 1.82. The molecule has 0 aromatic carbocycles. The molecule has 0 N–H and O–H groups in total. The third kappa shape index (κ3) is 3.69. The summed E-state index contributed by atoms with van der Waals surface area (Å²) in [5.74, 6) is -0.608. The maximum absolute atomic E-state index is 11.8. The molecule has 0 aliphatic carbocycles. The van der Waals surface area contributed by atoms with Crippen LogP contribution in [0.2, 0.25) is 0 Å². The summed E-state index contributed by atoms with van der Waals surface area (Å²) in [5, 5.41) is 0. The van der Waals surface area contributed by atoms with E-state index in [0.717, 1.165) is 4.57 Å². The van der Waals surface area contributed by atoms with Crippen molar-refractivity contribution in [3.8, 4) is 0 Å². The van der Waals surface area contributed by atoms with E-state index in [1.165, 1.54) is 17.8 Å². The maximum atomic E-state index is 11.8. The lowest BCUT2D eigenvalue weighted by Gasteiger charge is -2.19. The van der Waals surface area contributed by atoms with Crippen molar-refractivity contribution in [2.75, 3.05) is 0 Å². The predicted molar refractivity (Wildman–Crippen MR) is 74.5 cm³/mol. The van der Waals surface area contributed by atoms with E-state index in [1.807, 2.05) is 22.6 Å². The van der Waals surface area contributed by atoms with Gasteiger partial charge in [0.2, 0.25) is 0 Å². The highest BCUT2D eigenvalue weighted by molar-refractivity contribution is 14.1. The molecular weight excluding hydrogens is 351 g/mol. The molecule has 6 nitrogen and oxygen atoms in total. The molecule has 1 rings (SSSR count). The molecule has 100 valence electrons. The third-order valence-corrected chi connectivity index (χ3v) is 2.74. The molecule has 1 aromatic rings. The highest BCUT2D eigenvalue weighted by Crippen LogP contribution is 2.07. The van der Waals surface area contributed by atoms with Gasteiger partial charge in [-0.25, -0.2) is 9.36 Å². The number of aromatic nitrogens is 2. The van der Waals surface area contributed by atoms with Crippen molar-refractivity contribution in [2.45, 2.75) is 32.9 Å². The molecule has 0 radical (unpaired) electrons. The fourth-order valence-corrected chi connectivity index (χ4v) is 2.04. The Kier molecular flexibility index (Phi) is 4.36. The standard InChI is InChI=1S/C11H15IN2O4/c1-11(2,3)18-8(15)6-14-9(16)7(12)5-13(4)10(14)17/h5H,6H2,1-4H3. The Balaban J connectivity index is 3.10. The van der Waals surface area contributed by atoms with E-state index in [4.69, 9.17) is 4.74 Å². The van der Waals surface area contributed by atoms with Crippen LogP contribution in [-0.4, -0.2) is 20.7 Å². The molecule has 0 saturated carbocycles. The predicted octanol–water partition coefficient (Wildman–Crippen LogP) is 0.493. The summed E-state index contributed by atoms with van der Waals surface area (Å²) in [5.41, 5.74) is -1.66. The van der Waals surface area contributed by atoms with Gasteiger partial charge in [0.15, 0.2) is 0 Å². The SMILES string of the molecule is Cn1cc(I)c(=O)n(CC(=O)OC(C)(C)C)c1=O. The van der Waals surface area contributed by atoms with Crippen molar-refractivity contribution in [2.24, 2.45) is 7.05 Å². The van der Waals surface area contributed by atoms with E-state index < -0.39 is 22.8 Å². The quantitative estimate of drug-likeness (QED) is 0.565. The van der Waals surface area contributed by atoms with Gasteiger partial charge in [-0.15, -0.1) is 0 Å². The molecule has 0 atom stereocenters. The fraction of sp³-hybridized carbons (Fsp3) is 0.545. The molecule has 0 aliphatic rings. The summed E-state index contributed by atoms with van der Waals surface area (Å²) in [6.45, 7) is 4.79. The van der Waals surface area contributed by atoms with Gasteiger partial charge in [0.05, 0.1) is 3.57 Å². The van der Waals surface area contributed by atoms with Crippen LogP contribution < -0.4 is 11.2 Å². The number of hydrogen-bond acceptors (Lipinski definition) is 4. The van der Waals surface area contributed by atoms with Crippen LogP contribution in [0.4, 0.5) is 0 Å². The summed E-state index contributed by atoms with van der Waals surface area (Å²) in [4.78, 5) is 35.2. The Hall–Kier alpha value is -1.12. The number of halogens is 1. The van der Waals surface area contributed by atoms with Gasteiger partial charge in [0.25, 0.3) is 5.56 Å². The molecule has 0 fully saturated rings. The molecule has 1 heterocycles. The second-order valence-corrected chi connectivity index (χ2v) is 6.01. The van der Waals surface area contributed by atoms with Crippen LogP contribution in [-0.2, 0) is 23.1 Å². The second-order valence-electron chi connectivity index (χ2n) is 4.85. The van der Waals surface area contributed by atoms with Gasteiger partial charge >= 0.3 is 11.7 Å². The van der Waals surface area contributed by atoms with Crippen LogP contribution in [0.1, 0.15) is 20.8 Å². The van der Waals surface area contributed by atoms with Crippen molar-refractivity contribution in [1.29, 1.82) is 0 Å². The smallest absolute Gasteiger partial charge is 0.331 e. The number of carbonyl (C=O) groups is 1. The molecule has 0 spiro atoms. The number of rotatable bonds is 2. The molecule has 0 aliphatic heterocycles. The van der Waals surface area contributed by atoms with Crippen molar-refractivity contribution in [3.05, 3.63) is 30.6 Å². The minimum absolute atomic E-state index is 0.373. The van der Waals surface area contributed by atoms with Gasteiger partial charge in [0, 0.05) is 13.2 Å². The number of ether oxygens (including phenoxy) is 1. The monoisotopic (exact) mass is 366 g/mol. The van der Waals surface area contributed by atoms with Crippen LogP contribution >= 0.6 is 22.6 Å². The lowest BCUT2D eigenvalue weighted by atomic mass is 10.2. The van der Waals surface area contributed by atoms with Crippen LogP contribution in [0.25, 0.3) is 0 Å². The Labute approximate surface area is 118 Å². The molecule has 7 heteroatoms. The lowest BCUT2D eigenvalue weighted by Crippen LogP contribution is -2.42. The molecule has 0 saturated heterocycles. The zero-order valence-electron chi connectivity index (χ0n) is 10.7. The van der Waals surface area contributed by atoms with Gasteiger partial charge in [-0.05, 0) is 43.4 Å². The zero-order valence-corrected chi connectivity index (χ0v) is 12.8. The normalized spacial score (nSPS) is 11.4. The van der Waals surface area contributed by atoms with Gasteiger partial charge in [-0.1, -0.05) is 0 Å². The Morgan fingerprint density at radius 3 is 2.44 bits per heavy atom. The summed E-state index contributed by atoms with van der Waals surface area (Å²) in [6, 6.07) is 0. The minimum Gasteiger partial charge on any atom is -0.459 e. The summed E-state index contributed by atoms with van der Waals surface area (Å²) in [6.07, 6.45) is 1.43. The molecular formula is C11H15IN2O4. The topological polar surface area (TPSA) is 70.3 Å². The summed E-state index contributed by atoms with van der Waals surface area (Å²) < 4.78 is 7.58. The Morgan fingerprint density at radius 2 is 1.94 bits per heavy atom. The van der Waals surface area contributed by atoms with E-state index in [9.17, 15) is 14.4 Å². The van der Waals surface area contributed by atoms with Gasteiger partial charge in [-0.3, -0.25) is 9.59 Å². The van der Waals surface area contributed by atoms with E-state index in [1.54, 1.807) is 20.8 Å². The van der Waals surface area contributed by atoms with Crippen molar-refractivity contribution < 1.29 is 9.53 Å². The average Bonchev–Trinajstić information content (AvgIpc) is 2.19. The van der Waals surface area contributed by atoms with Crippen molar-refractivity contribution in [3.63, 3.8) is 0 Å². The third-order valence-electron chi connectivity index (χ3n) is 2.00. The van der Waals surface area contributed by atoms with Crippen LogP contribution in [0.5, 0.6) is 0 Å². The van der Waals surface area contributed by atoms with Crippen LogP contribution in [0.3, 0.4) is 0 Å². The van der Waals surface area contributed by atoms with Gasteiger partial charge < -0.3 is 9.30 Å². The largest absolute Gasteiger partial charge is 0.459 e. The van der Waals surface area contributed by atoms with Gasteiger partial charge in [0.1, 0.15) is 12.1 Å². The maximum Gasteiger partial charge on any atom is 0.331 e. The van der Waals surface area contributed by atoms with E-state index in [2.05, 4.69) is 0 Å². The molecule has 0 bridgehead atoms. The van der Waals surface area contributed by atoms with Crippen molar-refractivity contribution in [1.82, 2.24) is 9.13 Å². The molecule has 0 amide bonds. The summed E-state index contributed by atoms with van der Waals surface area (Å²) in [7, 11) is 1.52. The zero-order chi connectivity index (χ0) is 14.1. The highest BCUT2D eigenvalue weighted by atomic mass is 127. The number of nitrogens with zero attached hydrogens (tertiary/aromatic N) is 2. The minimum atomic E-state index is -0.645. The first kappa shape index (κ1) is 14.9. The van der Waals surface area contributed by atoms with Crippen molar-refractivity contribution >= 4 is 28.6 Å². The average molecular weight is 366 g/mol. The Bertz CT molecular complexity index is 546. The first-order valence-corrected chi connectivity index (χ1v) is 6.37. The molecule has 0 unspecified atom stereocenters. The van der Waals surface area contributed by atoms with Crippen LogP contribution in [0, 0.1) is 3.57 Å². The Morgan fingerprint density at radius 1 is 1.39 bits per heavy atom. The van der Waals surface area contributed by atoms with E-state index >= 15 is 0 Å². The first-order chi connectivity index (χ1) is 8.11. The number of carbonyl (C=O) groups excluding carboxylic acids is 1. The fourth-order valence-electron chi connectivity index (χ4n) is 1.33. The second kappa shape index (κ2) is 5.25. The number of esters is 1. The van der Waals surface area contributed by atoms with Crippen LogP contribution in [0.15, 0.2) is 15.8 Å². The number of aryl methyl sites for hydroxylation is 1. The lowest BCUT2D eigenvalue weighted by molar-refractivity contribution is -0.155.